The van der Waals surface area contributed by atoms with Crippen LogP contribution < -0.4 is 0 Å². The van der Waals surface area contributed by atoms with Crippen LogP contribution >= 0.6 is 69.6 Å². The van der Waals surface area contributed by atoms with Gasteiger partial charge in [-0.25, -0.2) is 0 Å². The molecule has 0 aromatic rings. The highest BCUT2D eigenvalue weighted by molar-refractivity contribution is 6.94. The van der Waals surface area contributed by atoms with Gasteiger partial charge in [-0.1, -0.05) is 0 Å². The average Bonchev–Trinajstić information content (AvgIpc) is 1.95. The number of carboxylic acids is 1. The number of rotatable bonds is 2. The molecule has 0 atom stereocenters. The van der Waals surface area contributed by atoms with E-state index in [1.807, 2.05) is 0 Å². The molecule has 19 heavy (non-hydrogen) atoms. The molecule has 0 aromatic heterocycles. The van der Waals surface area contributed by atoms with Gasteiger partial charge in [0.2, 0.25) is 0 Å². The largest absolute Gasteiger partial charge is 0.481 e. The van der Waals surface area contributed by atoms with Gasteiger partial charge in [0.15, 0.2) is 0 Å². The Morgan fingerprint density at radius 1 is 0.737 bits per heavy atom. The maximum Gasteiger partial charge on any atom is 0.313 e. The first kappa shape index (κ1) is 27.3. The molecule has 0 aliphatic carbocycles. The van der Waals surface area contributed by atoms with Gasteiger partial charge in [-0.3, -0.25) is 24.0 Å². The summed E-state index contributed by atoms with van der Waals surface area (Å²) in [6.07, 6.45) is -0.361. The molecule has 6 nitrogen and oxygen atoms in total. The highest BCUT2D eigenvalue weighted by atomic mass is 35.5. The minimum Gasteiger partial charge on any atom is -0.481 e. The van der Waals surface area contributed by atoms with E-state index in [2.05, 4.69) is 69.6 Å². The lowest BCUT2D eigenvalue weighted by molar-refractivity contribution is -0.139. The van der Waals surface area contributed by atoms with Crippen molar-refractivity contribution in [1.29, 1.82) is 0 Å². The first-order valence-corrected chi connectivity index (χ1v) is 5.85. The van der Waals surface area contributed by atoms with Crippen molar-refractivity contribution in [2.24, 2.45) is 0 Å². The minimum atomic E-state index is -1.06. The third kappa shape index (κ3) is 299. The summed E-state index contributed by atoms with van der Waals surface area (Å²) in [4.78, 5) is 46.4. The number of Topliss-reactive ketones (excluding diaryl/α,β-unsaturated/α-hetero) is 1. The van der Waals surface area contributed by atoms with Gasteiger partial charge in [0, 0.05) is 0 Å². The molecule has 0 bridgehead atoms. The van der Waals surface area contributed by atoms with Gasteiger partial charge >= 0.3 is 20.1 Å². The van der Waals surface area contributed by atoms with E-state index < -0.39 is 20.1 Å². The molecule has 0 aromatic carbocycles. The van der Waals surface area contributed by atoms with Crippen LogP contribution in [0.4, 0.5) is 14.4 Å². The number of ketones is 1. The van der Waals surface area contributed by atoms with Gasteiger partial charge in [-0.2, -0.15) is 0 Å². The summed E-state index contributed by atoms with van der Waals surface area (Å²) in [5.74, 6) is -1.37. The molecule has 1 N–H and O–H groups in total. The zero-order valence-corrected chi connectivity index (χ0v) is 13.5. The molecule has 0 aliphatic heterocycles. The molecule has 112 valence electrons. The maximum absolute atomic E-state index is 9.87. The quantitative estimate of drug-likeness (QED) is 0.528. The van der Waals surface area contributed by atoms with Gasteiger partial charge in [-0.05, 0) is 76.5 Å². The fraction of sp³-hybridized carbons (Fsp3) is 0.286. The third-order valence-electron chi connectivity index (χ3n) is 0.400. The molecule has 0 heterocycles. The summed E-state index contributed by atoms with van der Waals surface area (Å²) in [6, 6.07) is 0. The fourth-order valence-electron chi connectivity index (χ4n) is 0.213. The van der Waals surface area contributed by atoms with Crippen LogP contribution in [0.3, 0.4) is 0 Å². The molecular weight excluding hydrogens is 393 g/mol. The minimum absolute atomic E-state index is 0.312. The van der Waals surface area contributed by atoms with Crippen LogP contribution in [0.5, 0.6) is 0 Å². The van der Waals surface area contributed by atoms with E-state index in [9.17, 15) is 9.59 Å². The fourth-order valence-corrected chi connectivity index (χ4v) is 0.213. The first-order chi connectivity index (χ1) is 8.32. The lowest BCUT2D eigenvalue weighted by Crippen LogP contribution is -2.00. The molecule has 0 amide bonds. The first-order valence-electron chi connectivity index (χ1n) is 3.59. The van der Waals surface area contributed by atoms with E-state index in [0.717, 1.165) is 0 Å². The number of carboxylic acid groups (broad SMARTS) is 1. The molecule has 0 unspecified atom stereocenters. The topological polar surface area (TPSA) is 106 Å². The van der Waals surface area contributed by atoms with Crippen molar-refractivity contribution in [3.05, 3.63) is 0 Å². The van der Waals surface area contributed by atoms with E-state index in [1.165, 1.54) is 6.92 Å². The molecule has 0 aliphatic rings. The van der Waals surface area contributed by atoms with E-state index in [4.69, 9.17) is 19.5 Å². The van der Waals surface area contributed by atoms with E-state index in [-0.39, 0.29) is 12.2 Å². The van der Waals surface area contributed by atoms with E-state index >= 15 is 0 Å². The Bertz CT molecular complexity index is 265. The van der Waals surface area contributed by atoms with Gasteiger partial charge in [0.1, 0.15) is 12.2 Å². The van der Waals surface area contributed by atoms with Crippen LogP contribution in [-0.2, 0) is 9.59 Å². The SMILES string of the molecule is CC(=O)CC(=O)O.O=C(Cl)Cl.O=C(Cl)Cl.O=C(Cl)Cl. The Balaban J connectivity index is -0.0000000825. The van der Waals surface area contributed by atoms with Crippen molar-refractivity contribution < 1.29 is 29.1 Å². The number of hydrogen-bond acceptors (Lipinski definition) is 5. The number of aliphatic carboxylic acids is 1. The number of halogens is 6. The third-order valence-corrected chi connectivity index (χ3v) is 0.400. The van der Waals surface area contributed by atoms with Crippen LogP contribution in [0.15, 0.2) is 0 Å². The smallest absolute Gasteiger partial charge is 0.313 e. The van der Waals surface area contributed by atoms with Gasteiger partial charge in [0.25, 0.3) is 0 Å². The van der Waals surface area contributed by atoms with Crippen LogP contribution in [0.2, 0.25) is 0 Å². The summed E-state index contributed by atoms with van der Waals surface area (Å²) in [5, 5.41) is 7.86. The van der Waals surface area contributed by atoms with E-state index in [0.29, 0.717) is 0 Å². The standard InChI is InChI=1S/C4H6O3.3CCl2O/c1-3(5)2-4(6)7;3*2-1(3)4/h2H2,1H3,(H,6,7);;;. The van der Waals surface area contributed by atoms with Crippen LogP contribution in [0.1, 0.15) is 13.3 Å². The van der Waals surface area contributed by atoms with Crippen molar-refractivity contribution in [2.75, 3.05) is 0 Å². The molecule has 0 fully saturated rings. The van der Waals surface area contributed by atoms with Crippen molar-refractivity contribution in [3.8, 4) is 0 Å². The van der Waals surface area contributed by atoms with Crippen molar-refractivity contribution in [3.63, 3.8) is 0 Å². The number of carbonyl (C=O) groups excluding carboxylic acids is 4. The normalized spacial score (nSPS) is 7.11. The van der Waals surface area contributed by atoms with Crippen molar-refractivity contribution >= 4 is 95.5 Å². The molecule has 0 saturated carbocycles. The summed E-state index contributed by atoms with van der Waals surface area (Å²) >= 11 is 26.4. The maximum atomic E-state index is 9.87. The van der Waals surface area contributed by atoms with Crippen molar-refractivity contribution in [1.82, 2.24) is 0 Å². The average molecular weight is 399 g/mol. The summed E-state index contributed by atoms with van der Waals surface area (Å²) < 4.78 is -2.67. The Kier molecular flexibility index (Phi) is 29.0. The summed E-state index contributed by atoms with van der Waals surface area (Å²) in [6.45, 7) is 1.24. The van der Waals surface area contributed by atoms with Gasteiger partial charge in [-0.15, -0.1) is 0 Å². The molecule has 0 radical (unpaired) electrons. The lowest BCUT2D eigenvalue weighted by Gasteiger charge is -1.80. The Morgan fingerprint density at radius 3 is 0.895 bits per heavy atom. The van der Waals surface area contributed by atoms with Crippen LogP contribution in [0.25, 0.3) is 0 Å². The van der Waals surface area contributed by atoms with Crippen LogP contribution in [-0.4, -0.2) is 31.0 Å². The summed E-state index contributed by atoms with van der Waals surface area (Å²) in [7, 11) is 0. The Hall–Kier alpha value is -0.110. The second-order valence-corrected chi connectivity index (χ2v) is 4.59. The van der Waals surface area contributed by atoms with E-state index in [1.54, 1.807) is 0 Å². The second kappa shape index (κ2) is 20.2. The highest BCUT2D eigenvalue weighted by Crippen LogP contribution is 1.85. The zero-order chi connectivity index (χ0) is 16.6. The molecule has 0 saturated heterocycles. The van der Waals surface area contributed by atoms with Crippen LogP contribution in [0, 0.1) is 0 Å². The van der Waals surface area contributed by atoms with Gasteiger partial charge in [0.05, 0.1) is 0 Å². The number of hydrogen-bond donors (Lipinski definition) is 1. The second-order valence-electron chi connectivity index (χ2n) is 1.95. The predicted molar refractivity (Wildman–Crippen MR) is 74.2 cm³/mol. The molecule has 0 rings (SSSR count). The Labute approximate surface area is 137 Å². The summed E-state index contributed by atoms with van der Waals surface area (Å²) in [5.41, 5.74) is 0. The Morgan fingerprint density at radius 2 is 0.895 bits per heavy atom. The molecule has 12 heteroatoms. The predicted octanol–water partition coefficient (Wildman–Crippen LogP) is 4.80. The zero-order valence-electron chi connectivity index (χ0n) is 8.96. The number of carbonyl (C=O) groups is 5. The highest BCUT2D eigenvalue weighted by Gasteiger charge is 1.98. The van der Waals surface area contributed by atoms with Crippen molar-refractivity contribution in [2.45, 2.75) is 13.3 Å². The molecule has 0 spiro atoms. The lowest BCUT2D eigenvalue weighted by atomic mass is 10.3. The van der Waals surface area contributed by atoms with Gasteiger partial charge < -0.3 is 5.11 Å². The molecular formula is C7H6Cl6O6. The monoisotopic (exact) mass is 396 g/mol.